The second-order valence-corrected chi connectivity index (χ2v) is 2.91. The number of rotatable bonds is 3. The fourth-order valence-electron chi connectivity index (χ4n) is 0.918. The molecule has 1 aromatic rings. The second-order valence-electron chi connectivity index (χ2n) is 2.91. The fourth-order valence-corrected chi connectivity index (χ4v) is 0.918. The maximum Gasteiger partial charge on any atom is 0.0303 e. The van der Waals surface area contributed by atoms with Gasteiger partial charge in [0.2, 0.25) is 0 Å². The number of nitrogens with zero attached hydrogens (tertiary/aromatic N) is 2. The monoisotopic (exact) mass is 162 g/mol. The van der Waals surface area contributed by atoms with Crippen molar-refractivity contribution >= 4 is 0 Å². The van der Waals surface area contributed by atoms with Gasteiger partial charge in [-0.15, -0.1) is 0 Å². The first-order chi connectivity index (χ1) is 5.79. The summed E-state index contributed by atoms with van der Waals surface area (Å²) in [5.41, 5.74) is 1.25. The molecule has 0 aliphatic rings. The van der Waals surface area contributed by atoms with Crippen LogP contribution in [0.3, 0.4) is 0 Å². The van der Waals surface area contributed by atoms with Crippen LogP contribution in [0, 0.1) is 0 Å². The molecule has 0 atom stereocenters. The van der Waals surface area contributed by atoms with E-state index in [0.29, 0.717) is 0 Å². The van der Waals surface area contributed by atoms with Crippen molar-refractivity contribution in [2.24, 2.45) is 0 Å². The minimum atomic E-state index is 0.950. The first kappa shape index (κ1) is 8.78. The summed E-state index contributed by atoms with van der Waals surface area (Å²) in [6.45, 7) is 0. The normalized spacial score (nSPS) is 10.5. The minimum Gasteiger partial charge on any atom is -0.384 e. The van der Waals surface area contributed by atoms with Crippen LogP contribution in [0.15, 0.2) is 36.8 Å². The quantitative estimate of drug-likeness (QED) is 0.672. The van der Waals surface area contributed by atoms with Crippen molar-refractivity contribution in [1.29, 1.82) is 0 Å². The molecule has 0 saturated carbocycles. The summed E-state index contributed by atoms with van der Waals surface area (Å²) in [6, 6.07) is 4.03. The van der Waals surface area contributed by atoms with Crippen LogP contribution in [0.5, 0.6) is 0 Å². The Morgan fingerprint density at radius 2 is 2.33 bits per heavy atom. The van der Waals surface area contributed by atoms with E-state index in [0.717, 1.165) is 6.42 Å². The van der Waals surface area contributed by atoms with E-state index >= 15 is 0 Å². The van der Waals surface area contributed by atoms with E-state index in [9.17, 15) is 0 Å². The zero-order valence-electron chi connectivity index (χ0n) is 7.57. The highest BCUT2D eigenvalue weighted by atomic mass is 15.0. The van der Waals surface area contributed by atoms with Crippen LogP contribution in [-0.2, 0) is 6.42 Å². The molecule has 0 amide bonds. The highest BCUT2D eigenvalue weighted by Crippen LogP contribution is 1.97. The van der Waals surface area contributed by atoms with Gasteiger partial charge in [0.05, 0.1) is 0 Å². The van der Waals surface area contributed by atoms with Gasteiger partial charge in [-0.3, -0.25) is 4.98 Å². The Kier molecular flexibility index (Phi) is 3.33. The minimum absolute atomic E-state index is 0.950. The van der Waals surface area contributed by atoms with Crippen LogP contribution >= 0.6 is 0 Å². The Balaban J connectivity index is 2.43. The Morgan fingerprint density at radius 1 is 1.50 bits per heavy atom. The first-order valence-electron chi connectivity index (χ1n) is 4.01. The van der Waals surface area contributed by atoms with Crippen LogP contribution in [0.25, 0.3) is 0 Å². The average molecular weight is 162 g/mol. The van der Waals surface area contributed by atoms with E-state index in [1.165, 1.54) is 5.56 Å². The number of aromatic nitrogens is 1. The summed E-state index contributed by atoms with van der Waals surface area (Å²) >= 11 is 0. The van der Waals surface area contributed by atoms with E-state index < -0.39 is 0 Å². The fraction of sp³-hybridized carbons (Fsp3) is 0.300. The van der Waals surface area contributed by atoms with Gasteiger partial charge in [0.15, 0.2) is 0 Å². The maximum atomic E-state index is 4.03. The van der Waals surface area contributed by atoms with Gasteiger partial charge in [-0.25, -0.2) is 0 Å². The molecule has 0 aliphatic heterocycles. The molecule has 0 saturated heterocycles. The smallest absolute Gasteiger partial charge is 0.0303 e. The molecule has 0 unspecified atom stereocenters. The average Bonchev–Trinajstić information content (AvgIpc) is 2.05. The van der Waals surface area contributed by atoms with Crippen LogP contribution in [-0.4, -0.2) is 24.0 Å². The SMILES string of the molecule is CN(C)/C=C/Cc1cccnc1. The van der Waals surface area contributed by atoms with Crippen LogP contribution in [0.2, 0.25) is 0 Å². The van der Waals surface area contributed by atoms with E-state index in [1.54, 1.807) is 6.20 Å². The molecule has 1 rings (SSSR count). The molecule has 0 bridgehead atoms. The van der Waals surface area contributed by atoms with E-state index in [4.69, 9.17) is 0 Å². The number of pyridine rings is 1. The highest BCUT2D eigenvalue weighted by molar-refractivity contribution is 5.12. The van der Waals surface area contributed by atoms with Crippen LogP contribution in [0.4, 0.5) is 0 Å². The van der Waals surface area contributed by atoms with Gasteiger partial charge >= 0.3 is 0 Å². The predicted octanol–water partition coefficient (Wildman–Crippen LogP) is 1.70. The van der Waals surface area contributed by atoms with Crippen molar-refractivity contribution in [1.82, 2.24) is 9.88 Å². The number of allylic oxidation sites excluding steroid dienone is 1. The Morgan fingerprint density at radius 3 is 2.92 bits per heavy atom. The third-order valence-electron chi connectivity index (χ3n) is 1.48. The van der Waals surface area contributed by atoms with Gasteiger partial charge in [0.25, 0.3) is 0 Å². The van der Waals surface area contributed by atoms with Crippen molar-refractivity contribution in [3.05, 3.63) is 42.4 Å². The van der Waals surface area contributed by atoms with E-state index in [-0.39, 0.29) is 0 Å². The molecule has 0 aromatic carbocycles. The number of hydrogen-bond acceptors (Lipinski definition) is 2. The van der Waals surface area contributed by atoms with Crippen LogP contribution in [0.1, 0.15) is 5.56 Å². The summed E-state index contributed by atoms with van der Waals surface area (Å²) in [6.07, 6.45) is 8.80. The summed E-state index contributed by atoms with van der Waals surface area (Å²) in [5.74, 6) is 0. The molecule has 0 N–H and O–H groups in total. The molecular weight excluding hydrogens is 148 g/mol. The molecular formula is C10H14N2. The third kappa shape index (κ3) is 3.19. The topological polar surface area (TPSA) is 16.1 Å². The molecule has 0 aliphatic carbocycles. The van der Waals surface area contributed by atoms with Gasteiger partial charge < -0.3 is 4.90 Å². The zero-order chi connectivity index (χ0) is 8.81. The maximum absolute atomic E-state index is 4.03. The summed E-state index contributed by atoms with van der Waals surface area (Å²) in [7, 11) is 4.03. The summed E-state index contributed by atoms with van der Waals surface area (Å²) in [4.78, 5) is 6.06. The van der Waals surface area contributed by atoms with Gasteiger partial charge in [0.1, 0.15) is 0 Å². The molecule has 64 valence electrons. The molecule has 0 fully saturated rings. The predicted molar refractivity (Wildman–Crippen MR) is 50.8 cm³/mol. The van der Waals surface area contributed by atoms with Crippen molar-refractivity contribution in [2.45, 2.75) is 6.42 Å². The molecule has 0 radical (unpaired) electrons. The van der Waals surface area contributed by atoms with Crippen molar-refractivity contribution in [3.63, 3.8) is 0 Å². The third-order valence-corrected chi connectivity index (χ3v) is 1.48. The van der Waals surface area contributed by atoms with Crippen molar-refractivity contribution in [2.75, 3.05) is 14.1 Å². The zero-order valence-corrected chi connectivity index (χ0v) is 7.57. The lowest BCUT2D eigenvalue weighted by atomic mass is 10.2. The molecule has 12 heavy (non-hydrogen) atoms. The molecule has 2 nitrogen and oxygen atoms in total. The number of hydrogen-bond donors (Lipinski definition) is 0. The van der Waals surface area contributed by atoms with Gasteiger partial charge in [-0.2, -0.15) is 0 Å². The largest absolute Gasteiger partial charge is 0.384 e. The van der Waals surface area contributed by atoms with Gasteiger partial charge in [0, 0.05) is 26.5 Å². The molecule has 2 heteroatoms. The standard InChI is InChI=1S/C10H14N2/c1-12(2)8-4-6-10-5-3-7-11-9-10/h3-5,7-9H,6H2,1-2H3/b8-4+. The van der Waals surface area contributed by atoms with E-state index in [1.807, 2.05) is 37.5 Å². The lowest BCUT2D eigenvalue weighted by Crippen LogP contribution is -2.00. The molecule has 1 aromatic heterocycles. The van der Waals surface area contributed by atoms with Gasteiger partial charge in [-0.1, -0.05) is 12.1 Å². The van der Waals surface area contributed by atoms with Crippen LogP contribution < -0.4 is 0 Å². The Hall–Kier alpha value is -1.31. The summed E-state index contributed by atoms with van der Waals surface area (Å²) in [5, 5.41) is 0. The lowest BCUT2D eigenvalue weighted by molar-refractivity contribution is 0.562. The van der Waals surface area contributed by atoms with Crippen molar-refractivity contribution in [3.8, 4) is 0 Å². The molecule has 0 spiro atoms. The van der Waals surface area contributed by atoms with Gasteiger partial charge in [-0.05, 0) is 24.3 Å². The Bertz CT molecular complexity index is 239. The second kappa shape index (κ2) is 4.54. The van der Waals surface area contributed by atoms with E-state index in [2.05, 4.69) is 17.1 Å². The highest BCUT2D eigenvalue weighted by Gasteiger charge is 1.86. The summed E-state index contributed by atoms with van der Waals surface area (Å²) < 4.78 is 0. The molecule has 1 heterocycles. The lowest BCUT2D eigenvalue weighted by Gasteiger charge is -2.02. The Labute approximate surface area is 73.5 Å². The van der Waals surface area contributed by atoms with Crippen molar-refractivity contribution < 1.29 is 0 Å². The first-order valence-corrected chi connectivity index (χ1v) is 4.01.